The molecule has 1 N–H and O–H groups in total. The predicted molar refractivity (Wildman–Crippen MR) is 115 cm³/mol. The van der Waals surface area contributed by atoms with Gasteiger partial charge in [0.05, 0.1) is 18.5 Å². The zero-order valence-electron chi connectivity index (χ0n) is 17.0. The molecule has 7 nitrogen and oxygen atoms in total. The van der Waals surface area contributed by atoms with Crippen molar-refractivity contribution in [2.45, 2.75) is 19.4 Å². The molecule has 0 radical (unpaired) electrons. The minimum Gasteiger partial charge on any atom is -0.476 e. The summed E-state index contributed by atoms with van der Waals surface area (Å²) in [5.74, 6) is 0.0866. The van der Waals surface area contributed by atoms with Crippen molar-refractivity contribution < 1.29 is 17.9 Å². The summed E-state index contributed by atoms with van der Waals surface area (Å²) in [7, 11) is -1.52. The van der Waals surface area contributed by atoms with Gasteiger partial charge in [-0.05, 0) is 43.2 Å². The van der Waals surface area contributed by atoms with Crippen LogP contribution in [-0.4, -0.2) is 53.4 Å². The van der Waals surface area contributed by atoms with Crippen LogP contribution in [0.4, 0.5) is 11.4 Å². The highest BCUT2D eigenvalue weighted by Gasteiger charge is 2.34. The van der Waals surface area contributed by atoms with Gasteiger partial charge < -0.3 is 15.0 Å². The number of carbonyl (C=O) groups is 1. The van der Waals surface area contributed by atoms with Crippen molar-refractivity contribution in [3.8, 4) is 5.75 Å². The lowest BCUT2D eigenvalue weighted by atomic mass is 10.1. The quantitative estimate of drug-likeness (QED) is 0.699. The van der Waals surface area contributed by atoms with Crippen molar-refractivity contribution >= 4 is 27.3 Å². The van der Waals surface area contributed by atoms with Crippen LogP contribution in [0.3, 0.4) is 0 Å². The molecule has 1 heterocycles. The smallest absolute Gasteiger partial charge is 0.263 e. The Balaban J connectivity index is 1.58. The van der Waals surface area contributed by atoms with Gasteiger partial charge in [-0.1, -0.05) is 24.3 Å². The number of amides is 1. The number of fused-ring (bicyclic) bond motifs is 1. The molecule has 2 aromatic carbocycles. The molecule has 1 aliphatic rings. The van der Waals surface area contributed by atoms with Crippen LogP contribution in [0.1, 0.15) is 12.0 Å². The Bertz CT molecular complexity index is 963. The van der Waals surface area contributed by atoms with E-state index in [0.717, 1.165) is 30.5 Å². The summed E-state index contributed by atoms with van der Waals surface area (Å²) in [4.78, 5) is 14.7. The van der Waals surface area contributed by atoms with Gasteiger partial charge in [0.1, 0.15) is 5.75 Å². The average molecular weight is 418 g/mol. The van der Waals surface area contributed by atoms with Crippen molar-refractivity contribution in [3.63, 3.8) is 0 Å². The minimum absolute atomic E-state index is 0.0367. The second-order valence-electron chi connectivity index (χ2n) is 7.27. The fourth-order valence-corrected chi connectivity index (χ4v) is 4.17. The van der Waals surface area contributed by atoms with E-state index in [-0.39, 0.29) is 12.5 Å². The number of anilines is 2. The standard InChI is InChI=1S/C21H27N3O4S/c1-16-10-11-19-18(14-16)24(29(3,26)27)15-20(28-19)21(25)22-12-7-13-23(2)17-8-5-4-6-9-17/h4-6,8-11,14,20H,7,12-13,15H2,1-3H3,(H,22,25). The Morgan fingerprint density at radius 2 is 1.97 bits per heavy atom. The third-order valence-corrected chi connectivity index (χ3v) is 5.99. The fourth-order valence-electron chi connectivity index (χ4n) is 3.27. The van der Waals surface area contributed by atoms with E-state index in [1.807, 2.05) is 50.4 Å². The van der Waals surface area contributed by atoms with E-state index in [9.17, 15) is 13.2 Å². The van der Waals surface area contributed by atoms with Crippen molar-refractivity contribution in [1.82, 2.24) is 5.32 Å². The molecule has 1 aliphatic heterocycles. The van der Waals surface area contributed by atoms with E-state index in [1.165, 1.54) is 4.31 Å². The number of hydrogen-bond donors (Lipinski definition) is 1. The number of nitrogens with one attached hydrogen (secondary N) is 1. The largest absolute Gasteiger partial charge is 0.476 e. The summed E-state index contributed by atoms with van der Waals surface area (Å²) < 4.78 is 31.5. The molecule has 156 valence electrons. The minimum atomic E-state index is -3.52. The number of nitrogens with zero attached hydrogens (tertiary/aromatic N) is 2. The summed E-state index contributed by atoms with van der Waals surface area (Å²) in [5.41, 5.74) is 2.51. The normalized spacial score (nSPS) is 16.0. The molecule has 29 heavy (non-hydrogen) atoms. The number of para-hydroxylation sites is 1. The Morgan fingerprint density at radius 3 is 2.66 bits per heavy atom. The van der Waals surface area contributed by atoms with E-state index in [4.69, 9.17) is 4.74 Å². The highest BCUT2D eigenvalue weighted by Crippen LogP contribution is 2.35. The fraction of sp³-hybridized carbons (Fsp3) is 0.381. The Labute approximate surface area is 172 Å². The first-order chi connectivity index (χ1) is 13.8. The van der Waals surface area contributed by atoms with E-state index >= 15 is 0 Å². The van der Waals surface area contributed by atoms with Gasteiger partial charge in [-0.15, -0.1) is 0 Å². The van der Waals surface area contributed by atoms with Crippen molar-refractivity contribution in [2.75, 3.05) is 42.1 Å². The lowest BCUT2D eigenvalue weighted by Gasteiger charge is -2.34. The van der Waals surface area contributed by atoms with Crippen LogP contribution in [0.5, 0.6) is 5.75 Å². The number of benzene rings is 2. The van der Waals surface area contributed by atoms with Gasteiger partial charge in [-0.2, -0.15) is 0 Å². The van der Waals surface area contributed by atoms with Crippen molar-refractivity contribution in [3.05, 3.63) is 54.1 Å². The number of sulfonamides is 1. The Hall–Kier alpha value is -2.74. The van der Waals surface area contributed by atoms with Crippen LogP contribution >= 0.6 is 0 Å². The maximum absolute atomic E-state index is 12.6. The molecular formula is C21H27N3O4S. The molecule has 3 rings (SSSR count). The zero-order chi connectivity index (χ0) is 21.0. The topological polar surface area (TPSA) is 79.0 Å². The van der Waals surface area contributed by atoms with E-state index in [0.29, 0.717) is 18.0 Å². The lowest BCUT2D eigenvalue weighted by Crippen LogP contribution is -2.50. The molecule has 0 bridgehead atoms. The molecule has 0 spiro atoms. The third-order valence-electron chi connectivity index (χ3n) is 4.84. The first-order valence-electron chi connectivity index (χ1n) is 9.54. The molecule has 0 aromatic heterocycles. The molecule has 0 fully saturated rings. The number of hydrogen-bond acceptors (Lipinski definition) is 5. The summed E-state index contributed by atoms with van der Waals surface area (Å²) in [5, 5.41) is 2.86. The number of carbonyl (C=O) groups excluding carboxylic acids is 1. The number of ether oxygens (including phenoxy) is 1. The van der Waals surface area contributed by atoms with E-state index in [1.54, 1.807) is 12.1 Å². The molecule has 1 unspecified atom stereocenters. The maximum Gasteiger partial charge on any atom is 0.263 e. The van der Waals surface area contributed by atoms with Gasteiger partial charge in [-0.25, -0.2) is 8.42 Å². The van der Waals surface area contributed by atoms with Gasteiger partial charge in [0, 0.05) is 25.8 Å². The lowest BCUT2D eigenvalue weighted by molar-refractivity contribution is -0.127. The van der Waals surface area contributed by atoms with Crippen molar-refractivity contribution in [1.29, 1.82) is 0 Å². The monoisotopic (exact) mass is 417 g/mol. The van der Waals surface area contributed by atoms with E-state index in [2.05, 4.69) is 10.2 Å². The predicted octanol–water partition coefficient (Wildman–Crippen LogP) is 2.16. The molecular weight excluding hydrogens is 390 g/mol. The second-order valence-corrected chi connectivity index (χ2v) is 9.18. The van der Waals surface area contributed by atoms with Crippen LogP contribution in [0.15, 0.2) is 48.5 Å². The average Bonchev–Trinajstić information content (AvgIpc) is 2.70. The van der Waals surface area contributed by atoms with Crippen LogP contribution in [0, 0.1) is 6.92 Å². The molecule has 2 aromatic rings. The van der Waals surface area contributed by atoms with Crippen LogP contribution in [-0.2, 0) is 14.8 Å². The van der Waals surface area contributed by atoms with Gasteiger partial charge >= 0.3 is 0 Å². The van der Waals surface area contributed by atoms with Crippen molar-refractivity contribution in [2.24, 2.45) is 0 Å². The first-order valence-corrected chi connectivity index (χ1v) is 11.4. The van der Waals surface area contributed by atoms with Gasteiger partial charge in [0.25, 0.3) is 5.91 Å². The molecule has 1 amide bonds. The van der Waals surface area contributed by atoms with Crippen LogP contribution in [0.25, 0.3) is 0 Å². The number of rotatable bonds is 7. The molecule has 0 saturated heterocycles. The van der Waals surface area contributed by atoms with Gasteiger partial charge in [-0.3, -0.25) is 9.10 Å². The zero-order valence-corrected chi connectivity index (χ0v) is 17.8. The van der Waals surface area contributed by atoms with Gasteiger partial charge in [0.15, 0.2) is 6.10 Å². The molecule has 0 saturated carbocycles. The third kappa shape index (κ3) is 5.20. The highest BCUT2D eigenvalue weighted by molar-refractivity contribution is 7.92. The molecule has 0 aliphatic carbocycles. The van der Waals surface area contributed by atoms with Gasteiger partial charge in [0.2, 0.25) is 10.0 Å². The van der Waals surface area contributed by atoms with E-state index < -0.39 is 16.1 Å². The second kappa shape index (κ2) is 8.73. The summed E-state index contributed by atoms with van der Waals surface area (Å²) in [6.45, 7) is 3.11. The summed E-state index contributed by atoms with van der Waals surface area (Å²) >= 11 is 0. The summed E-state index contributed by atoms with van der Waals surface area (Å²) in [6.07, 6.45) is 1.01. The number of aryl methyl sites for hydroxylation is 1. The Morgan fingerprint density at radius 1 is 1.24 bits per heavy atom. The molecule has 8 heteroatoms. The highest BCUT2D eigenvalue weighted by atomic mass is 32.2. The SMILES string of the molecule is Cc1ccc2c(c1)N(S(C)(=O)=O)CC(C(=O)NCCCN(C)c1ccccc1)O2. The molecule has 1 atom stereocenters. The van der Waals surface area contributed by atoms with Crippen LogP contribution in [0.2, 0.25) is 0 Å². The Kier molecular flexibility index (Phi) is 6.32. The van der Waals surface area contributed by atoms with Crippen LogP contribution < -0.4 is 19.3 Å². The summed E-state index contributed by atoms with van der Waals surface area (Å²) in [6, 6.07) is 15.3. The maximum atomic E-state index is 12.6. The first kappa shape index (κ1) is 21.0.